The molecule has 2 nitrogen and oxygen atoms in total. The van der Waals surface area contributed by atoms with Crippen molar-refractivity contribution in [3.8, 4) is 0 Å². The first-order valence-electron chi connectivity index (χ1n) is 7.08. The summed E-state index contributed by atoms with van der Waals surface area (Å²) in [4.78, 5) is 0. The van der Waals surface area contributed by atoms with Crippen LogP contribution in [0.1, 0.15) is 65.7 Å². The molecule has 0 saturated heterocycles. The Kier molecular flexibility index (Phi) is 12.9. The van der Waals surface area contributed by atoms with E-state index in [2.05, 4.69) is 26.1 Å². The Morgan fingerprint density at radius 3 is 2.12 bits per heavy atom. The van der Waals surface area contributed by atoms with E-state index in [4.69, 9.17) is 4.74 Å². The van der Waals surface area contributed by atoms with Crippen LogP contribution in [0.2, 0.25) is 0 Å². The summed E-state index contributed by atoms with van der Waals surface area (Å²) in [5.41, 5.74) is 0. The van der Waals surface area contributed by atoms with Gasteiger partial charge in [0.2, 0.25) is 0 Å². The Bertz CT molecular complexity index is 126. The smallest absolute Gasteiger partial charge is 0.0466 e. The lowest BCUT2D eigenvalue weighted by atomic mass is 10.2. The molecular weight excluding hydrogens is 198 g/mol. The van der Waals surface area contributed by atoms with Gasteiger partial charge >= 0.3 is 0 Å². The van der Waals surface area contributed by atoms with E-state index < -0.39 is 0 Å². The van der Waals surface area contributed by atoms with E-state index in [-0.39, 0.29) is 0 Å². The molecule has 0 rings (SSSR count). The van der Waals surface area contributed by atoms with E-state index in [1.807, 2.05) is 0 Å². The average Bonchev–Trinajstić information content (AvgIpc) is 2.25. The molecule has 2 heteroatoms. The van der Waals surface area contributed by atoms with Crippen molar-refractivity contribution in [2.24, 2.45) is 0 Å². The van der Waals surface area contributed by atoms with Gasteiger partial charge in [0.15, 0.2) is 0 Å². The fourth-order valence-corrected chi connectivity index (χ4v) is 1.63. The fourth-order valence-electron chi connectivity index (χ4n) is 1.63. The number of hydrogen-bond donors (Lipinski definition) is 1. The van der Waals surface area contributed by atoms with Crippen molar-refractivity contribution in [2.45, 2.75) is 71.8 Å². The van der Waals surface area contributed by atoms with Gasteiger partial charge in [-0.2, -0.15) is 0 Å². The second kappa shape index (κ2) is 13.0. The minimum atomic E-state index is 0.627. The van der Waals surface area contributed by atoms with Crippen LogP contribution in [0.25, 0.3) is 0 Å². The van der Waals surface area contributed by atoms with E-state index in [9.17, 15) is 0 Å². The lowest BCUT2D eigenvalue weighted by Crippen LogP contribution is -2.23. The summed E-state index contributed by atoms with van der Waals surface area (Å²) in [6, 6.07) is 0.627. The zero-order valence-electron chi connectivity index (χ0n) is 11.6. The summed E-state index contributed by atoms with van der Waals surface area (Å²) in [6.07, 6.45) is 9.00. The van der Waals surface area contributed by atoms with Crippen LogP contribution in [0.3, 0.4) is 0 Å². The Morgan fingerprint density at radius 2 is 1.50 bits per heavy atom. The number of ether oxygens (including phenoxy) is 1. The van der Waals surface area contributed by atoms with Crippen molar-refractivity contribution in [2.75, 3.05) is 19.8 Å². The molecule has 0 atom stereocenters. The lowest BCUT2D eigenvalue weighted by molar-refractivity contribution is 0.126. The van der Waals surface area contributed by atoms with Gasteiger partial charge in [0, 0.05) is 19.3 Å². The summed E-state index contributed by atoms with van der Waals surface area (Å²) in [5.74, 6) is 0. The predicted octanol–water partition coefficient (Wildman–Crippen LogP) is 3.75. The highest BCUT2D eigenvalue weighted by atomic mass is 16.5. The molecule has 0 heterocycles. The van der Waals surface area contributed by atoms with Crippen LogP contribution >= 0.6 is 0 Å². The average molecular weight is 229 g/mol. The van der Waals surface area contributed by atoms with Crippen LogP contribution in [0.4, 0.5) is 0 Å². The predicted molar refractivity (Wildman–Crippen MR) is 72.0 cm³/mol. The van der Waals surface area contributed by atoms with Crippen molar-refractivity contribution >= 4 is 0 Å². The highest BCUT2D eigenvalue weighted by Gasteiger charge is 1.93. The normalized spacial score (nSPS) is 11.2. The summed E-state index contributed by atoms with van der Waals surface area (Å²) >= 11 is 0. The largest absolute Gasteiger partial charge is 0.381 e. The number of hydrogen-bond acceptors (Lipinski definition) is 2. The van der Waals surface area contributed by atoms with Crippen LogP contribution in [0, 0.1) is 0 Å². The maximum Gasteiger partial charge on any atom is 0.0466 e. The molecule has 16 heavy (non-hydrogen) atoms. The highest BCUT2D eigenvalue weighted by molar-refractivity contribution is 4.53. The Labute approximate surface area is 102 Å². The molecule has 0 aliphatic carbocycles. The third-order valence-electron chi connectivity index (χ3n) is 2.66. The first-order chi connectivity index (χ1) is 7.77. The summed E-state index contributed by atoms with van der Waals surface area (Å²) in [5, 5.41) is 3.44. The van der Waals surface area contributed by atoms with Crippen LogP contribution in [0.15, 0.2) is 0 Å². The van der Waals surface area contributed by atoms with E-state index in [0.717, 1.165) is 19.8 Å². The van der Waals surface area contributed by atoms with Crippen LogP contribution in [-0.4, -0.2) is 25.8 Å². The third-order valence-corrected chi connectivity index (χ3v) is 2.66. The molecule has 0 saturated carbocycles. The van der Waals surface area contributed by atoms with Gasteiger partial charge in [-0.3, -0.25) is 0 Å². The molecule has 0 aromatic carbocycles. The molecule has 0 unspecified atom stereocenters. The molecule has 0 aromatic rings. The van der Waals surface area contributed by atoms with E-state index in [0.29, 0.717) is 6.04 Å². The first-order valence-corrected chi connectivity index (χ1v) is 7.08. The molecule has 0 aromatic heterocycles. The molecule has 1 N–H and O–H groups in total. The van der Waals surface area contributed by atoms with Crippen molar-refractivity contribution in [3.05, 3.63) is 0 Å². The highest BCUT2D eigenvalue weighted by Crippen LogP contribution is 2.01. The topological polar surface area (TPSA) is 21.3 Å². The van der Waals surface area contributed by atoms with Crippen LogP contribution in [0.5, 0.6) is 0 Å². The van der Waals surface area contributed by atoms with Crippen molar-refractivity contribution in [1.82, 2.24) is 5.32 Å². The molecule has 0 bridgehead atoms. The van der Waals surface area contributed by atoms with Crippen LogP contribution in [-0.2, 0) is 4.74 Å². The maximum absolute atomic E-state index is 5.56. The Hall–Kier alpha value is -0.0800. The van der Waals surface area contributed by atoms with Gasteiger partial charge in [-0.15, -0.1) is 0 Å². The number of unbranched alkanes of at least 4 members (excludes halogenated alkanes) is 5. The SMILES string of the molecule is CCCCCOCCCCCCNC(C)C. The standard InChI is InChI=1S/C14H31NO/c1-4-5-9-12-16-13-10-7-6-8-11-15-14(2)3/h14-15H,4-13H2,1-3H3. The summed E-state index contributed by atoms with van der Waals surface area (Å²) < 4.78 is 5.56. The second-order valence-electron chi connectivity index (χ2n) is 4.84. The van der Waals surface area contributed by atoms with Gasteiger partial charge in [-0.1, -0.05) is 46.5 Å². The van der Waals surface area contributed by atoms with E-state index in [1.165, 1.54) is 44.9 Å². The number of nitrogens with one attached hydrogen (secondary N) is 1. The zero-order chi connectivity index (χ0) is 12.1. The molecule has 98 valence electrons. The summed E-state index contributed by atoms with van der Waals surface area (Å²) in [6.45, 7) is 9.71. The van der Waals surface area contributed by atoms with E-state index in [1.54, 1.807) is 0 Å². The molecular formula is C14H31NO. The van der Waals surface area contributed by atoms with Crippen molar-refractivity contribution in [3.63, 3.8) is 0 Å². The van der Waals surface area contributed by atoms with E-state index >= 15 is 0 Å². The molecule has 0 aliphatic heterocycles. The quantitative estimate of drug-likeness (QED) is 0.515. The molecule has 0 aliphatic rings. The first kappa shape index (κ1) is 15.9. The maximum atomic E-state index is 5.56. The third kappa shape index (κ3) is 13.9. The molecule has 0 spiro atoms. The van der Waals surface area contributed by atoms with Crippen molar-refractivity contribution in [1.29, 1.82) is 0 Å². The lowest BCUT2D eigenvalue weighted by Gasteiger charge is -2.07. The Morgan fingerprint density at radius 1 is 0.875 bits per heavy atom. The summed E-state index contributed by atoms with van der Waals surface area (Å²) in [7, 11) is 0. The number of rotatable bonds is 12. The Balaban J connectivity index is 2.88. The van der Waals surface area contributed by atoms with Gasteiger partial charge in [0.1, 0.15) is 0 Å². The zero-order valence-corrected chi connectivity index (χ0v) is 11.6. The minimum absolute atomic E-state index is 0.627. The fraction of sp³-hybridized carbons (Fsp3) is 1.00. The van der Waals surface area contributed by atoms with Gasteiger partial charge in [-0.25, -0.2) is 0 Å². The van der Waals surface area contributed by atoms with Gasteiger partial charge in [0.05, 0.1) is 0 Å². The molecule has 0 radical (unpaired) electrons. The van der Waals surface area contributed by atoms with Gasteiger partial charge < -0.3 is 10.1 Å². The molecule has 0 amide bonds. The second-order valence-corrected chi connectivity index (χ2v) is 4.84. The monoisotopic (exact) mass is 229 g/mol. The molecule has 0 fully saturated rings. The van der Waals surface area contributed by atoms with Gasteiger partial charge in [0.25, 0.3) is 0 Å². The van der Waals surface area contributed by atoms with Gasteiger partial charge in [-0.05, 0) is 25.8 Å². The minimum Gasteiger partial charge on any atom is -0.381 e. The van der Waals surface area contributed by atoms with Crippen molar-refractivity contribution < 1.29 is 4.74 Å². The van der Waals surface area contributed by atoms with Crippen LogP contribution < -0.4 is 5.32 Å².